The number of carbonyl (C=O) groups is 1. The molecule has 0 saturated carbocycles. The van der Waals surface area contributed by atoms with Gasteiger partial charge in [0.05, 0.1) is 20.1 Å². The smallest absolute Gasteiger partial charge is 0.162 e. The summed E-state index contributed by atoms with van der Waals surface area (Å²) in [7, 11) is 1.57. The Bertz CT molecular complexity index is 491. The molecule has 5 nitrogen and oxygen atoms in total. The highest BCUT2D eigenvalue weighted by atomic mass is 35.5. The fourth-order valence-corrected chi connectivity index (χ4v) is 1.94. The van der Waals surface area contributed by atoms with Crippen molar-refractivity contribution in [2.24, 2.45) is 4.99 Å². The zero-order chi connectivity index (χ0) is 13.7. The molecule has 1 atom stereocenters. The van der Waals surface area contributed by atoms with Crippen LogP contribution in [0.25, 0.3) is 0 Å². The highest BCUT2D eigenvalue weighted by molar-refractivity contribution is 6.17. The highest BCUT2D eigenvalue weighted by Crippen LogP contribution is 2.38. The molecule has 6 heteroatoms. The third-order valence-electron chi connectivity index (χ3n) is 2.77. The van der Waals surface area contributed by atoms with Gasteiger partial charge in [-0.15, -0.1) is 11.6 Å². The molecule has 0 bridgehead atoms. The maximum atomic E-state index is 11.0. The number of fused-ring (bicyclic) bond motifs is 1. The zero-order valence-corrected chi connectivity index (χ0v) is 11.3. The number of hydrogen-bond donors (Lipinski definition) is 1. The molecular formula is C13H15ClN2O3. The van der Waals surface area contributed by atoms with Gasteiger partial charge in [-0.1, -0.05) is 0 Å². The van der Waals surface area contributed by atoms with Gasteiger partial charge >= 0.3 is 0 Å². The number of carbonyl (C=O) groups excluding carboxylic acids is 1. The van der Waals surface area contributed by atoms with Gasteiger partial charge in [0.1, 0.15) is 12.3 Å². The molecular weight excluding hydrogens is 268 g/mol. The Kier molecular flexibility index (Phi) is 4.63. The summed E-state index contributed by atoms with van der Waals surface area (Å²) < 4.78 is 10.9. The number of benzene rings is 1. The maximum Gasteiger partial charge on any atom is 0.162 e. The maximum absolute atomic E-state index is 11.0. The van der Waals surface area contributed by atoms with Crippen LogP contribution in [0.1, 0.15) is 18.0 Å². The molecule has 0 aromatic heterocycles. The molecule has 0 aliphatic carbocycles. The van der Waals surface area contributed by atoms with Crippen molar-refractivity contribution in [3.63, 3.8) is 0 Å². The number of aldehydes is 1. The van der Waals surface area contributed by atoms with Crippen LogP contribution in [0.15, 0.2) is 17.1 Å². The van der Waals surface area contributed by atoms with Crippen LogP contribution in [0.3, 0.4) is 0 Å². The zero-order valence-electron chi connectivity index (χ0n) is 10.6. The number of ether oxygens (including phenoxy) is 2. The molecule has 1 aromatic rings. The van der Waals surface area contributed by atoms with E-state index in [0.29, 0.717) is 24.0 Å². The third-order valence-corrected chi connectivity index (χ3v) is 3.04. The second-order valence-electron chi connectivity index (χ2n) is 3.98. The van der Waals surface area contributed by atoms with E-state index in [-0.39, 0.29) is 0 Å². The molecule has 0 saturated heterocycles. The molecule has 0 spiro atoms. The molecule has 0 amide bonds. The summed E-state index contributed by atoms with van der Waals surface area (Å²) in [5.74, 6) is 1.74. The average Bonchev–Trinajstić information content (AvgIpc) is 2.46. The fourth-order valence-electron chi connectivity index (χ4n) is 1.83. The van der Waals surface area contributed by atoms with Gasteiger partial charge in [-0.2, -0.15) is 0 Å². The summed E-state index contributed by atoms with van der Waals surface area (Å²) >= 11 is 5.62. The number of methoxy groups -OCH3 is 1. The van der Waals surface area contributed by atoms with E-state index in [1.165, 1.54) is 6.34 Å². The van der Waals surface area contributed by atoms with E-state index in [4.69, 9.17) is 21.1 Å². The van der Waals surface area contributed by atoms with Crippen molar-refractivity contribution in [2.45, 2.75) is 12.5 Å². The van der Waals surface area contributed by atoms with E-state index in [1.807, 2.05) is 0 Å². The monoisotopic (exact) mass is 282 g/mol. The number of nitrogens with one attached hydrogen (secondary N) is 1. The Balaban J connectivity index is 2.30. The fraction of sp³-hybridized carbons (Fsp3) is 0.385. The second kappa shape index (κ2) is 6.43. The number of hydrogen-bond acceptors (Lipinski definition) is 5. The first kappa shape index (κ1) is 13.7. The van der Waals surface area contributed by atoms with Crippen LogP contribution >= 0.6 is 11.6 Å². The number of rotatable bonds is 6. The van der Waals surface area contributed by atoms with E-state index < -0.39 is 6.04 Å². The van der Waals surface area contributed by atoms with Crippen molar-refractivity contribution in [3.8, 4) is 11.5 Å². The van der Waals surface area contributed by atoms with E-state index in [2.05, 4.69) is 10.3 Å². The van der Waals surface area contributed by atoms with Crippen LogP contribution in [-0.4, -0.2) is 32.2 Å². The van der Waals surface area contributed by atoms with Gasteiger partial charge in [-0.3, -0.25) is 4.99 Å². The average molecular weight is 283 g/mol. The van der Waals surface area contributed by atoms with Crippen molar-refractivity contribution in [1.82, 2.24) is 0 Å². The summed E-state index contributed by atoms with van der Waals surface area (Å²) in [5, 5.41) is 2.99. The topological polar surface area (TPSA) is 59.9 Å². The van der Waals surface area contributed by atoms with Crippen molar-refractivity contribution in [1.29, 1.82) is 0 Å². The van der Waals surface area contributed by atoms with Gasteiger partial charge in [-0.05, 0) is 12.5 Å². The Labute approximate surface area is 116 Å². The van der Waals surface area contributed by atoms with Gasteiger partial charge in [0.2, 0.25) is 0 Å². The van der Waals surface area contributed by atoms with Gasteiger partial charge in [-0.25, -0.2) is 0 Å². The Hall–Kier alpha value is -1.75. The number of nitrogens with zero attached hydrogens (tertiary/aromatic N) is 1. The largest absolute Gasteiger partial charge is 0.493 e. The first-order valence-electron chi connectivity index (χ1n) is 5.94. The lowest BCUT2D eigenvalue weighted by Gasteiger charge is -2.20. The van der Waals surface area contributed by atoms with Crippen molar-refractivity contribution < 1.29 is 14.3 Å². The van der Waals surface area contributed by atoms with Gasteiger partial charge in [0, 0.05) is 23.2 Å². The highest BCUT2D eigenvalue weighted by Gasteiger charge is 2.20. The second-order valence-corrected chi connectivity index (χ2v) is 4.36. The van der Waals surface area contributed by atoms with Crippen LogP contribution in [0, 0.1) is 0 Å². The molecule has 102 valence electrons. The lowest BCUT2D eigenvalue weighted by Crippen LogP contribution is -2.12. The van der Waals surface area contributed by atoms with Crippen LogP contribution in [0.4, 0.5) is 5.69 Å². The molecule has 0 fully saturated rings. The van der Waals surface area contributed by atoms with Gasteiger partial charge < -0.3 is 19.6 Å². The van der Waals surface area contributed by atoms with E-state index in [9.17, 15) is 4.79 Å². The van der Waals surface area contributed by atoms with Crippen molar-refractivity contribution in [2.75, 3.05) is 24.9 Å². The van der Waals surface area contributed by atoms with Crippen molar-refractivity contribution >= 4 is 29.9 Å². The summed E-state index contributed by atoms with van der Waals surface area (Å²) in [6.45, 7) is 0.501. The lowest BCUT2D eigenvalue weighted by molar-refractivity contribution is -0.108. The van der Waals surface area contributed by atoms with E-state index in [1.54, 1.807) is 19.2 Å². The first-order chi connectivity index (χ1) is 9.30. The van der Waals surface area contributed by atoms with E-state index in [0.717, 1.165) is 24.0 Å². The minimum absolute atomic E-state index is 0.501. The molecule has 2 rings (SSSR count). The normalized spacial score (nSPS) is 16.4. The van der Waals surface area contributed by atoms with Gasteiger partial charge in [0.15, 0.2) is 11.5 Å². The number of aliphatic imine (C=N–C) groups is 1. The standard InChI is InChI=1S/C13H15ClN2O3/c1-18-12-6-10-9(11(7-17)16-8-15-10)5-13(12)19-4-2-3-14/h5-8,11H,2-4H2,1H3,(H,15,16). The molecule has 1 aliphatic heterocycles. The molecule has 1 N–H and O–H groups in total. The van der Waals surface area contributed by atoms with Crippen LogP contribution in [-0.2, 0) is 4.79 Å². The lowest BCUT2D eigenvalue weighted by atomic mass is 10.0. The summed E-state index contributed by atoms with van der Waals surface area (Å²) in [5.41, 5.74) is 1.58. The molecule has 1 unspecified atom stereocenters. The van der Waals surface area contributed by atoms with Crippen LogP contribution in [0.5, 0.6) is 11.5 Å². The summed E-state index contributed by atoms with van der Waals surface area (Å²) in [6, 6.07) is 3.08. The summed E-state index contributed by atoms with van der Waals surface area (Å²) in [4.78, 5) is 15.1. The minimum atomic E-state index is -0.502. The Morgan fingerprint density at radius 3 is 3.00 bits per heavy atom. The molecule has 1 aromatic carbocycles. The third kappa shape index (κ3) is 2.98. The predicted molar refractivity (Wildman–Crippen MR) is 74.7 cm³/mol. The summed E-state index contributed by atoms with van der Waals surface area (Å²) in [6.07, 6.45) is 3.05. The first-order valence-corrected chi connectivity index (χ1v) is 6.47. The van der Waals surface area contributed by atoms with Crippen LogP contribution in [0.2, 0.25) is 0 Å². The Morgan fingerprint density at radius 1 is 1.47 bits per heavy atom. The number of anilines is 1. The predicted octanol–water partition coefficient (Wildman–Crippen LogP) is 2.40. The number of halogens is 1. The number of alkyl halides is 1. The quantitative estimate of drug-likeness (QED) is 0.494. The SMILES string of the molecule is COc1cc2c(cc1OCCCCl)C(C=O)N=CN2. The van der Waals surface area contributed by atoms with E-state index >= 15 is 0 Å². The van der Waals surface area contributed by atoms with Crippen molar-refractivity contribution in [3.05, 3.63) is 17.7 Å². The Morgan fingerprint density at radius 2 is 2.32 bits per heavy atom. The molecule has 1 heterocycles. The van der Waals surface area contributed by atoms with Crippen LogP contribution < -0.4 is 14.8 Å². The van der Waals surface area contributed by atoms with Gasteiger partial charge in [0.25, 0.3) is 0 Å². The minimum Gasteiger partial charge on any atom is -0.493 e. The molecule has 0 radical (unpaired) electrons. The molecule has 1 aliphatic rings. The molecule has 19 heavy (non-hydrogen) atoms.